The molecule has 0 atom stereocenters. The van der Waals surface area contributed by atoms with Crippen molar-refractivity contribution in [2.45, 2.75) is 26.4 Å². The van der Waals surface area contributed by atoms with E-state index < -0.39 is 5.97 Å². The first-order valence-corrected chi connectivity index (χ1v) is 9.22. The van der Waals surface area contributed by atoms with Crippen LogP contribution in [0, 0.1) is 6.92 Å². The molecule has 1 saturated heterocycles. The van der Waals surface area contributed by atoms with Gasteiger partial charge < -0.3 is 14.1 Å². The lowest BCUT2D eigenvalue weighted by Crippen LogP contribution is -2.26. The van der Waals surface area contributed by atoms with E-state index in [2.05, 4.69) is 4.98 Å². The number of aryl methyl sites for hydroxylation is 1. The minimum Gasteiger partial charge on any atom is -0.455 e. The molecule has 0 radical (unpaired) electrons. The highest BCUT2D eigenvalue weighted by Crippen LogP contribution is 2.27. The zero-order valence-electron chi connectivity index (χ0n) is 15.6. The molecule has 1 fully saturated rings. The molecule has 6 heteroatoms. The van der Waals surface area contributed by atoms with Crippen LogP contribution in [-0.2, 0) is 16.1 Å². The second kappa shape index (κ2) is 7.68. The number of esters is 1. The summed E-state index contributed by atoms with van der Waals surface area (Å²) in [6, 6.07) is 16.6. The number of oxazole rings is 1. The van der Waals surface area contributed by atoms with Gasteiger partial charge in [-0.3, -0.25) is 4.79 Å². The molecule has 1 aliphatic heterocycles. The molecule has 0 saturated carbocycles. The molecule has 2 aromatic carbocycles. The number of benzene rings is 2. The molecule has 3 aromatic rings. The van der Waals surface area contributed by atoms with Crippen molar-refractivity contribution >= 4 is 17.6 Å². The summed E-state index contributed by atoms with van der Waals surface area (Å²) in [7, 11) is 0. The van der Waals surface area contributed by atoms with Crippen molar-refractivity contribution in [2.24, 2.45) is 0 Å². The number of hydrogen-bond donors (Lipinski definition) is 0. The molecule has 1 aromatic heterocycles. The number of para-hydroxylation sites is 1. The van der Waals surface area contributed by atoms with Gasteiger partial charge in [0.2, 0.25) is 11.8 Å². The number of nitrogens with zero attached hydrogens (tertiary/aromatic N) is 2. The van der Waals surface area contributed by atoms with E-state index in [1.165, 1.54) is 0 Å². The average Bonchev–Trinajstić information content (AvgIpc) is 3.32. The molecule has 28 heavy (non-hydrogen) atoms. The van der Waals surface area contributed by atoms with Gasteiger partial charge in [0, 0.05) is 18.5 Å². The van der Waals surface area contributed by atoms with Crippen molar-refractivity contribution < 1.29 is 18.7 Å². The van der Waals surface area contributed by atoms with Crippen molar-refractivity contribution in [1.82, 2.24) is 4.98 Å². The summed E-state index contributed by atoms with van der Waals surface area (Å²) >= 11 is 0. The highest BCUT2D eigenvalue weighted by molar-refractivity contribution is 6.03. The van der Waals surface area contributed by atoms with Crippen LogP contribution in [-0.4, -0.2) is 23.4 Å². The summed E-state index contributed by atoms with van der Waals surface area (Å²) in [5.74, 6) is 0.640. The fourth-order valence-electron chi connectivity index (χ4n) is 3.26. The second-order valence-electron chi connectivity index (χ2n) is 6.63. The summed E-state index contributed by atoms with van der Waals surface area (Å²) in [5.41, 5.74) is 2.40. The third kappa shape index (κ3) is 3.53. The van der Waals surface area contributed by atoms with E-state index in [0.717, 1.165) is 12.0 Å². The number of ether oxygens (including phenoxy) is 1. The molecule has 2 heterocycles. The van der Waals surface area contributed by atoms with Crippen LogP contribution in [0.3, 0.4) is 0 Å². The number of hydrogen-bond acceptors (Lipinski definition) is 5. The van der Waals surface area contributed by atoms with Gasteiger partial charge >= 0.3 is 5.97 Å². The summed E-state index contributed by atoms with van der Waals surface area (Å²) in [6.45, 7) is 2.41. The first-order valence-electron chi connectivity index (χ1n) is 9.22. The number of carbonyl (C=O) groups is 2. The Morgan fingerprint density at radius 3 is 2.64 bits per heavy atom. The minimum atomic E-state index is -0.487. The standard InChI is InChI=1S/C22H20N2O4/c1-15-18(23-21(28-15)16-8-3-2-4-9-16)14-27-22(26)17-10-5-6-11-19(17)24-13-7-12-20(24)25/h2-6,8-11H,7,12-14H2,1H3. The second-order valence-corrected chi connectivity index (χ2v) is 6.63. The van der Waals surface area contributed by atoms with Gasteiger partial charge in [-0.2, -0.15) is 0 Å². The van der Waals surface area contributed by atoms with Crippen molar-refractivity contribution in [3.63, 3.8) is 0 Å². The van der Waals surface area contributed by atoms with E-state index in [0.29, 0.717) is 41.6 Å². The summed E-state index contributed by atoms with van der Waals surface area (Å²) < 4.78 is 11.2. The maximum atomic E-state index is 12.7. The molecule has 1 amide bonds. The van der Waals surface area contributed by atoms with Gasteiger partial charge in [0.1, 0.15) is 18.1 Å². The molecule has 0 N–H and O–H groups in total. The predicted octanol–water partition coefficient (Wildman–Crippen LogP) is 4.13. The highest BCUT2D eigenvalue weighted by atomic mass is 16.5. The van der Waals surface area contributed by atoms with Crippen molar-refractivity contribution in [2.75, 3.05) is 11.4 Å². The van der Waals surface area contributed by atoms with E-state index >= 15 is 0 Å². The third-order valence-corrected chi connectivity index (χ3v) is 4.74. The Bertz CT molecular complexity index is 1010. The predicted molar refractivity (Wildman–Crippen MR) is 104 cm³/mol. The molecule has 0 unspecified atom stereocenters. The zero-order chi connectivity index (χ0) is 19.5. The van der Waals surface area contributed by atoms with E-state index in [9.17, 15) is 9.59 Å². The van der Waals surface area contributed by atoms with Gasteiger partial charge in [0.25, 0.3) is 0 Å². The average molecular weight is 376 g/mol. The van der Waals surface area contributed by atoms with Gasteiger partial charge in [-0.15, -0.1) is 0 Å². The topological polar surface area (TPSA) is 72.6 Å². The van der Waals surface area contributed by atoms with Gasteiger partial charge in [-0.1, -0.05) is 30.3 Å². The van der Waals surface area contributed by atoms with Crippen LogP contribution in [0.5, 0.6) is 0 Å². The van der Waals surface area contributed by atoms with Crippen LogP contribution in [0.2, 0.25) is 0 Å². The van der Waals surface area contributed by atoms with E-state index in [-0.39, 0.29) is 12.5 Å². The van der Waals surface area contributed by atoms with Crippen LogP contribution in [0.25, 0.3) is 11.5 Å². The Balaban J connectivity index is 1.50. The Kier molecular flexibility index (Phi) is 4.93. The van der Waals surface area contributed by atoms with E-state index in [1.807, 2.05) is 36.4 Å². The highest BCUT2D eigenvalue weighted by Gasteiger charge is 2.26. The molecule has 6 nitrogen and oxygen atoms in total. The first kappa shape index (κ1) is 18.0. The van der Waals surface area contributed by atoms with Gasteiger partial charge in [0.15, 0.2) is 0 Å². The van der Waals surface area contributed by atoms with Crippen molar-refractivity contribution in [3.8, 4) is 11.5 Å². The molecule has 4 rings (SSSR count). The third-order valence-electron chi connectivity index (χ3n) is 4.74. The molecular weight excluding hydrogens is 356 g/mol. The lowest BCUT2D eigenvalue weighted by molar-refractivity contribution is -0.117. The first-order chi connectivity index (χ1) is 13.6. The monoisotopic (exact) mass is 376 g/mol. The van der Waals surface area contributed by atoms with Gasteiger partial charge in [0.05, 0.1) is 11.3 Å². The van der Waals surface area contributed by atoms with Gasteiger partial charge in [-0.05, 0) is 37.6 Å². The summed E-state index contributed by atoms with van der Waals surface area (Å²) in [4.78, 5) is 30.8. The van der Waals surface area contributed by atoms with Crippen LogP contribution in [0.15, 0.2) is 59.0 Å². The fraction of sp³-hybridized carbons (Fsp3) is 0.227. The quantitative estimate of drug-likeness (QED) is 0.626. The van der Waals surface area contributed by atoms with Crippen LogP contribution < -0.4 is 4.90 Å². The Morgan fingerprint density at radius 1 is 1.14 bits per heavy atom. The number of anilines is 1. The lowest BCUT2D eigenvalue weighted by Gasteiger charge is -2.18. The van der Waals surface area contributed by atoms with Gasteiger partial charge in [-0.25, -0.2) is 9.78 Å². The molecule has 142 valence electrons. The fourth-order valence-corrected chi connectivity index (χ4v) is 3.26. The maximum Gasteiger partial charge on any atom is 0.340 e. The zero-order valence-corrected chi connectivity index (χ0v) is 15.6. The summed E-state index contributed by atoms with van der Waals surface area (Å²) in [5, 5.41) is 0. The molecule has 1 aliphatic rings. The smallest absolute Gasteiger partial charge is 0.340 e. The van der Waals surface area contributed by atoms with Crippen molar-refractivity contribution in [3.05, 3.63) is 71.6 Å². The van der Waals surface area contributed by atoms with Crippen LogP contribution >= 0.6 is 0 Å². The number of carbonyl (C=O) groups excluding carboxylic acids is 2. The normalized spacial score (nSPS) is 13.8. The summed E-state index contributed by atoms with van der Waals surface area (Å²) in [6.07, 6.45) is 1.30. The Morgan fingerprint density at radius 2 is 1.89 bits per heavy atom. The molecule has 0 bridgehead atoms. The maximum absolute atomic E-state index is 12.7. The lowest BCUT2D eigenvalue weighted by atomic mass is 10.1. The molecule has 0 spiro atoms. The number of aromatic nitrogens is 1. The van der Waals surface area contributed by atoms with Crippen molar-refractivity contribution in [1.29, 1.82) is 0 Å². The SMILES string of the molecule is Cc1oc(-c2ccccc2)nc1COC(=O)c1ccccc1N1CCCC1=O. The van der Waals surface area contributed by atoms with E-state index in [4.69, 9.17) is 9.15 Å². The largest absolute Gasteiger partial charge is 0.455 e. The number of rotatable bonds is 5. The number of amides is 1. The minimum absolute atomic E-state index is 0.00325. The van der Waals surface area contributed by atoms with E-state index in [1.54, 1.807) is 30.0 Å². The van der Waals surface area contributed by atoms with Crippen LogP contribution in [0.4, 0.5) is 5.69 Å². The van der Waals surface area contributed by atoms with Crippen LogP contribution in [0.1, 0.15) is 34.7 Å². The Hall–Kier alpha value is -3.41. The molecular formula is C22H20N2O4. The molecule has 0 aliphatic carbocycles. The Labute approximate surface area is 162 Å².